The normalized spacial score (nSPS) is 14.4. The van der Waals surface area contributed by atoms with E-state index in [2.05, 4.69) is 52.2 Å². The second-order valence-corrected chi connectivity index (χ2v) is 5.87. The van der Waals surface area contributed by atoms with E-state index in [4.69, 9.17) is 4.74 Å². The number of ether oxygens (including phenoxy) is 1. The monoisotopic (exact) mass is 230 g/mol. The largest absolute Gasteiger partial charge is 0.375 e. The zero-order chi connectivity index (χ0) is 12.6. The van der Waals surface area contributed by atoms with Gasteiger partial charge in [0.2, 0.25) is 0 Å². The summed E-state index contributed by atoms with van der Waals surface area (Å²) in [6.45, 7) is 16.7. The van der Waals surface area contributed by atoms with E-state index in [1.807, 2.05) is 0 Å². The van der Waals surface area contributed by atoms with Gasteiger partial charge in [0.25, 0.3) is 0 Å². The van der Waals surface area contributed by atoms with Crippen molar-refractivity contribution in [3.63, 3.8) is 0 Å². The lowest BCUT2D eigenvalue weighted by atomic mass is 10.2. The molecule has 1 unspecified atom stereocenters. The first-order chi connectivity index (χ1) is 7.31. The molecule has 2 N–H and O–H groups in total. The summed E-state index contributed by atoms with van der Waals surface area (Å²) in [5.74, 6) is 0.719. The smallest absolute Gasteiger partial charge is 0.0599 e. The predicted molar refractivity (Wildman–Crippen MR) is 70.9 cm³/mol. The van der Waals surface area contributed by atoms with Crippen molar-refractivity contribution in [1.29, 1.82) is 0 Å². The lowest BCUT2D eigenvalue weighted by Gasteiger charge is -2.21. The Bertz CT molecular complexity index is 164. The van der Waals surface area contributed by atoms with Gasteiger partial charge < -0.3 is 15.4 Å². The van der Waals surface area contributed by atoms with Crippen LogP contribution >= 0.6 is 0 Å². The van der Waals surface area contributed by atoms with Crippen LogP contribution in [0, 0.1) is 5.92 Å². The van der Waals surface area contributed by atoms with Crippen LogP contribution in [0.3, 0.4) is 0 Å². The summed E-state index contributed by atoms with van der Waals surface area (Å²) in [4.78, 5) is 0. The molecule has 0 aromatic heterocycles. The third-order valence-corrected chi connectivity index (χ3v) is 2.13. The van der Waals surface area contributed by atoms with E-state index in [0.29, 0.717) is 6.04 Å². The lowest BCUT2D eigenvalue weighted by molar-refractivity contribution is -0.00147. The maximum absolute atomic E-state index is 5.64. The Morgan fingerprint density at radius 1 is 1.06 bits per heavy atom. The molecule has 0 rings (SSSR count). The van der Waals surface area contributed by atoms with Crippen molar-refractivity contribution in [2.45, 2.75) is 53.2 Å². The molecule has 0 aliphatic carbocycles. The highest BCUT2D eigenvalue weighted by atomic mass is 16.5. The third-order valence-electron chi connectivity index (χ3n) is 2.13. The maximum Gasteiger partial charge on any atom is 0.0599 e. The van der Waals surface area contributed by atoms with Crippen LogP contribution in [0.4, 0.5) is 0 Å². The number of rotatable bonds is 8. The molecule has 98 valence electrons. The molecule has 0 aromatic carbocycles. The van der Waals surface area contributed by atoms with Gasteiger partial charge in [-0.2, -0.15) is 0 Å². The summed E-state index contributed by atoms with van der Waals surface area (Å²) >= 11 is 0. The molecule has 1 atom stereocenters. The average Bonchev–Trinajstić information content (AvgIpc) is 2.10. The summed E-state index contributed by atoms with van der Waals surface area (Å²) in [5, 5.41) is 6.88. The van der Waals surface area contributed by atoms with Gasteiger partial charge in [-0.05, 0) is 40.2 Å². The molecule has 3 heteroatoms. The highest BCUT2D eigenvalue weighted by Crippen LogP contribution is 2.05. The van der Waals surface area contributed by atoms with Gasteiger partial charge in [-0.3, -0.25) is 0 Å². The SMILES string of the molecule is CC(C)CNCC(C)NCCOC(C)(C)C. The summed E-state index contributed by atoms with van der Waals surface area (Å²) in [5.41, 5.74) is -0.0270. The molecule has 0 aliphatic rings. The minimum absolute atomic E-state index is 0.0270. The van der Waals surface area contributed by atoms with Crippen LogP contribution in [0.25, 0.3) is 0 Å². The Balaban J connectivity index is 3.34. The quantitative estimate of drug-likeness (QED) is 0.626. The van der Waals surface area contributed by atoms with Gasteiger partial charge in [0.15, 0.2) is 0 Å². The first-order valence-electron chi connectivity index (χ1n) is 6.39. The molecule has 3 nitrogen and oxygen atoms in total. The van der Waals surface area contributed by atoms with Crippen LogP contribution in [0.1, 0.15) is 41.5 Å². The molecule has 0 radical (unpaired) electrons. The minimum Gasteiger partial charge on any atom is -0.375 e. The minimum atomic E-state index is -0.0270. The van der Waals surface area contributed by atoms with Crippen molar-refractivity contribution in [3.05, 3.63) is 0 Å². The Hall–Kier alpha value is -0.120. The lowest BCUT2D eigenvalue weighted by Crippen LogP contribution is -2.39. The van der Waals surface area contributed by atoms with Crippen LogP contribution in [0.5, 0.6) is 0 Å². The highest BCUT2D eigenvalue weighted by Gasteiger charge is 2.09. The molecular weight excluding hydrogens is 200 g/mol. The molecule has 0 aliphatic heterocycles. The van der Waals surface area contributed by atoms with Crippen molar-refractivity contribution >= 4 is 0 Å². The summed E-state index contributed by atoms with van der Waals surface area (Å²) in [6.07, 6.45) is 0. The van der Waals surface area contributed by atoms with Gasteiger partial charge in [0.1, 0.15) is 0 Å². The summed E-state index contributed by atoms with van der Waals surface area (Å²) in [7, 11) is 0. The van der Waals surface area contributed by atoms with E-state index in [-0.39, 0.29) is 5.60 Å². The van der Waals surface area contributed by atoms with Gasteiger partial charge >= 0.3 is 0 Å². The topological polar surface area (TPSA) is 33.3 Å². The van der Waals surface area contributed by atoms with Gasteiger partial charge in [-0.1, -0.05) is 13.8 Å². The van der Waals surface area contributed by atoms with Gasteiger partial charge in [-0.25, -0.2) is 0 Å². The van der Waals surface area contributed by atoms with Crippen LogP contribution in [-0.4, -0.2) is 37.9 Å². The van der Waals surface area contributed by atoms with Crippen molar-refractivity contribution < 1.29 is 4.74 Å². The highest BCUT2D eigenvalue weighted by molar-refractivity contribution is 4.65. The Labute approximate surface area is 101 Å². The van der Waals surface area contributed by atoms with E-state index < -0.39 is 0 Å². The van der Waals surface area contributed by atoms with E-state index in [0.717, 1.165) is 32.2 Å². The van der Waals surface area contributed by atoms with Crippen molar-refractivity contribution in [2.75, 3.05) is 26.2 Å². The first-order valence-corrected chi connectivity index (χ1v) is 6.39. The molecule has 16 heavy (non-hydrogen) atoms. The van der Waals surface area contributed by atoms with Gasteiger partial charge in [0.05, 0.1) is 12.2 Å². The first kappa shape index (κ1) is 15.9. The van der Waals surface area contributed by atoms with Crippen LogP contribution in [-0.2, 0) is 4.74 Å². The van der Waals surface area contributed by atoms with Crippen LogP contribution in [0.2, 0.25) is 0 Å². The van der Waals surface area contributed by atoms with Gasteiger partial charge in [-0.15, -0.1) is 0 Å². The molecule has 0 saturated carbocycles. The molecule has 0 heterocycles. The molecule has 0 spiro atoms. The third kappa shape index (κ3) is 12.0. The molecule has 0 saturated heterocycles. The van der Waals surface area contributed by atoms with E-state index in [1.165, 1.54) is 0 Å². The number of nitrogens with one attached hydrogen (secondary N) is 2. The second-order valence-electron chi connectivity index (χ2n) is 5.87. The standard InChI is InChI=1S/C13H30N2O/c1-11(2)9-14-10-12(3)15-7-8-16-13(4,5)6/h11-12,14-15H,7-10H2,1-6H3. The van der Waals surface area contributed by atoms with Crippen molar-refractivity contribution in [3.8, 4) is 0 Å². The van der Waals surface area contributed by atoms with E-state index in [9.17, 15) is 0 Å². The molecule has 0 aromatic rings. The Morgan fingerprint density at radius 2 is 1.69 bits per heavy atom. The fraction of sp³-hybridized carbons (Fsp3) is 1.00. The summed E-state index contributed by atoms with van der Waals surface area (Å²) in [6, 6.07) is 0.502. The number of hydrogen-bond donors (Lipinski definition) is 2. The zero-order valence-corrected chi connectivity index (χ0v) is 11.9. The van der Waals surface area contributed by atoms with E-state index >= 15 is 0 Å². The van der Waals surface area contributed by atoms with Crippen molar-refractivity contribution in [1.82, 2.24) is 10.6 Å². The van der Waals surface area contributed by atoms with E-state index in [1.54, 1.807) is 0 Å². The second kappa shape index (κ2) is 8.04. The molecule has 0 bridgehead atoms. The van der Waals surface area contributed by atoms with Crippen LogP contribution in [0.15, 0.2) is 0 Å². The Kier molecular flexibility index (Phi) is 7.98. The molecule has 0 amide bonds. The maximum atomic E-state index is 5.64. The summed E-state index contributed by atoms with van der Waals surface area (Å²) < 4.78 is 5.64. The average molecular weight is 230 g/mol. The van der Waals surface area contributed by atoms with Gasteiger partial charge in [0, 0.05) is 19.1 Å². The zero-order valence-electron chi connectivity index (χ0n) is 11.9. The predicted octanol–water partition coefficient (Wildman–Crippen LogP) is 2.03. The van der Waals surface area contributed by atoms with Crippen LogP contribution < -0.4 is 10.6 Å². The fourth-order valence-electron chi connectivity index (χ4n) is 1.32. The Morgan fingerprint density at radius 3 is 2.19 bits per heavy atom. The fourth-order valence-corrected chi connectivity index (χ4v) is 1.32. The van der Waals surface area contributed by atoms with Crippen molar-refractivity contribution in [2.24, 2.45) is 5.92 Å². The molecule has 0 fully saturated rings. The number of hydrogen-bond acceptors (Lipinski definition) is 3. The molecular formula is C13H30N2O.